The molecule has 1 aliphatic rings. The number of esters is 3. The van der Waals surface area contributed by atoms with Gasteiger partial charge in [0.25, 0.3) is 0 Å². The maximum Gasteiger partial charge on any atom is 0.326 e. The van der Waals surface area contributed by atoms with Crippen molar-refractivity contribution in [3.05, 3.63) is 0 Å². The molecule has 1 rings (SSSR count). The molecule has 0 aromatic rings. The summed E-state index contributed by atoms with van der Waals surface area (Å²) in [6, 6.07) is 2.07. The van der Waals surface area contributed by atoms with Gasteiger partial charge in [-0.05, 0) is 31.6 Å². The van der Waals surface area contributed by atoms with Crippen LogP contribution in [0, 0.1) is 27.6 Å². The van der Waals surface area contributed by atoms with Crippen molar-refractivity contribution < 1.29 is 23.9 Å². The molecule has 1 aliphatic heterocycles. The summed E-state index contributed by atoms with van der Waals surface area (Å²) < 4.78 is 9.41. The third-order valence-electron chi connectivity index (χ3n) is 4.28. The van der Waals surface area contributed by atoms with E-state index in [1.54, 1.807) is 13.8 Å². The molecule has 1 fully saturated rings. The highest BCUT2D eigenvalue weighted by molar-refractivity contribution is 5.97. The topological polar surface area (TPSA) is 93.5 Å². The molecule has 170 valence electrons. The van der Waals surface area contributed by atoms with Crippen molar-refractivity contribution in [2.24, 2.45) is 16.2 Å². The fraction of sp³-hybridized carbons (Fsp3) is 0.818. The average molecular weight is 406 g/mol. The second-order valence-corrected chi connectivity index (χ2v) is 7.06. The van der Waals surface area contributed by atoms with Crippen molar-refractivity contribution in [3.8, 4) is 6.07 Å². The number of carbonyl (C=O) groups excluding carboxylic acids is 3. The maximum atomic E-state index is 12.0. The molecule has 2 unspecified atom stereocenters. The van der Waals surface area contributed by atoms with E-state index >= 15 is 0 Å². The number of carbonyl (C=O) groups is 3. The molecule has 1 heterocycles. The van der Waals surface area contributed by atoms with E-state index in [0.29, 0.717) is 12.8 Å². The molecule has 0 radical (unpaired) electrons. The van der Waals surface area contributed by atoms with E-state index < -0.39 is 34.2 Å². The minimum Gasteiger partial charge on any atom is -0.468 e. The third-order valence-corrected chi connectivity index (χ3v) is 4.28. The molecule has 0 aromatic carbocycles. The Labute approximate surface area is 175 Å². The molecule has 1 saturated heterocycles. The van der Waals surface area contributed by atoms with Gasteiger partial charge in [-0.2, -0.15) is 5.26 Å². The molecule has 0 aromatic heterocycles. The van der Waals surface area contributed by atoms with Gasteiger partial charge in [0.15, 0.2) is 5.41 Å². The maximum absolute atomic E-state index is 12.0. The van der Waals surface area contributed by atoms with Crippen LogP contribution in [-0.2, 0) is 23.9 Å². The molecule has 0 saturated carbocycles. The molecule has 0 bridgehead atoms. The van der Waals surface area contributed by atoms with E-state index in [9.17, 15) is 19.6 Å². The Balaban J connectivity index is -0.000000202. The smallest absolute Gasteiger partial charge is 0.326 e. The van der Waals surface area contributed by atoms with Crippen molar-refractivity contribution in [1.29, 1.82) is 5.26 Å². The Morgan fingerprint density at radius 1 is 1.18 bits per heavy atom. The van der Waals surface area contributed by atoms with Gasteiger partial charge in [0, 0.05) is 0 Å². The Bertz CT molecular complexity index is 536. The second kappa shape index (κ2) is 14.1. The van der Waals surface area contributed by atoms with Crippen molar-refractivity contribution in [1.82, 2.24) is 0 Å². The first-order valence-corrected chi connectivity index (χ1v) is 7.29. The number of cyclic esters (lactones) is 2. The zero-order valence-electron chi connectivity index (χ0n) is 13.8. The predicted octanol–water partition coefficient (Wildman–Crippen LogP) is 6.18. The molecule has 0 aliphatic carbocycles. The third kappa shape index (κ3) is 8.41. The highest BCUT2D eigenvalue weighted by Gasteiger charge is 2.51. The van der Waals surface area contributed by atoms with Gasteiger partial charge in [0.1, 0.15) is 0 Å². The number of ether oxygens (including phenoxy) is 2. The van der Waals surface area contributed by atoms with Crippen molar-refractivity contribution >= 4 is 17.9 Å². The zero-order valence-corrected chi connectivity index (χ0v) is 13.8. The SMILES string of the molecule is C.C.C.C.C.C.CCC(C#N)(CC(C)(C)CC1(C)CC(=O)OC1=O)C(=O)OC. The van der Waals surface area contributed by atoms with Crippen LogP contribution in [0.1, 0.15) is 97.9 Å². The molecule has 2 atom stereocenters. The minimum absolute atomic E-state index is 0. The number of rotatable bonds is 6. The van der Waals surface area contributed by atoms with Crippen LogP contribution in [0.15, 0.2) is 0 Å². The summed E-state index contributed by atoms with van der Waals surface area (Å²) in [6.07, 6.45) is 0.945. The Morgan fingerprint density at radius 3 is 1.93 bits per heavy atom. The number of hydrogen-bond acceptors (Lipinski definition) is 6. The van der Waals surface area contributed by atoms with E-state index in [2.05, 4.69) is 10.8 Å². The van der Waals surface area contributed by atoms with Gasteiger partial charge < -0.3 is 9.47 Å². The summed E-state index contributed by atoms with van der Waals surface area (Å²) >= 11 is 0. The number of methoxy groups -OCH3 is 1. The largest absolute Gasteiger partial charge is 0.468 e. The lowest BCUT2D eigenvalue weighted by Crippen LogP contribution is -2.38. The van der Waals surface area contributed by atoms with E-state index in [4.69, 9.17) is 4.74 Å². The first-order chi connectivity index (χ1) is 10.0. The molecule has 6 heteroatoms. The molecular weight excluding hydrogens is 358 g/mol. The average Bonchev–Trinajstić information content (AvgIpc) is 2.67. The molecule has 0 spiro atoms. The zero-order chi connectivity index (χ0) is 17.2. The summed E-state index contributed by atoms with van der Waals surface area (Å²) in [5.41, 5.74) is -2.68. The van der Waals surface area contributed by atoms with Gasteiger partial charge in [-0.25, -0.2) is 0 Å². The van der Waals surface area contributed by atoms with Gasteiger partial charge in [-0.15, -0.1) is 0 Å². The van der Waals surface area contributed by atoms with Gasteiger partial charge in [0.05, 0.1) is 25.0 Å². The second-order valence-electron chi connectivity index (χ2n) is 7.06. The number of nitriles is 1. The van der Waals surface area contributed by atoms with Crippen LogP contribution >= 0.6 is 0 Å². The molecule has 28 heavy (non-hydrogen) atoms. The highest BCUT2D eigenvalue weighted by atomic mass is 16.6. The lowest BCUT2D eigenvalue weighted by Gasteiger charge is -2.36. The highest BCUT2D eigenvalue weighted by Crippen LogP contribution is 2.47. The lowest BCUT2D eigenvalue weighted by molar-refractivity contribution is -0.155. The van der Waals surface area contributed by atoms with E-state index in [-0.39, 0.29) is 57.4 Å². The number of hydrogen-bond donors (Lipinski definition) is 0. The summed E-state index contributed by atoms with van der Waals surface area (Å²) in [4.78, 5) is 35.2. The van der Waals surface area contributed by atoms with E-state index in [0.717, 1.165) is 0 Å². The van der Waals surface area contributed by atoms with Crippen LogP contribution in [-0.4, -0.2) is 25.0 Å². The molecule has 0 amide bonds. The van der Waals surface area contributed by atoms with Gasteiger partial charge in [0.2, 0.25) is 0 Å². The molecular formula is C22H47NO5. The first-order valence-electron chi connectivity index (χ1n) is 7.29. The minimum atomic E-state index is -1.25. The summed E-state index contributed by atoms with van der Waals surface area (Å²) in [5.74, 6) is -1.64. The van der Waals surface area contributed by atoms with Crippen LogP contribution < -0.4 is 0 Å². The van der Waals surface area contributed by atoms with Gasteiger partial charge in [-0.1, -0.05) is 65.3 Å². The fourth-order valence-corrected chi connectivity index (χ4v) is 3.42. The van der Waals surface area contributed by atoms with Crippen LogP contribution in [0.2, 0.25) is 0 Å². The first kappa shape index (κ1) is 40.7. The van der Waals surface area contributed by atoms with Crippen LogP contribution in [0.5, 0.6) is 0 Å². The Morgan fingerprint density at radius 2 is 1.64 bits per heavy atom. The van der Waals surface area contributed by atoms with Crippen molar-refractivity contribution in [2.75, 3.05) is 7.11 Å². The quantitative estimate of drug-likeness (QED) is 0.387. The van der Waals surface area contributed by atoms with Gasteiger partial charge in [-0.3, -0.25) is 14.4 Å². The van der Waals surface area contributed by atoms with Crippen LogP contribution in [0.4, 0.5) is 0 Å². The monoisotopic (exact) mass is 405 g/mol. The Kier molecular flexibility index (Phi) is 20.6. The Hall–Kier alpha value is -1.90. The van der Waals surface area contributed by atoms with E-state index in [1.165, 1.54) is 7.11 Å². The lowest BCUT2D eigenvalue weighted by atomic mass is 9.65. The summed E-state index contributed by atoms with van der Waals surface area (Å²) in [5, 5.41) is 9.46. The van der Waals surface area contributed by atoms with Crippen LogP contribution in [0.25, 0.3) is 0 Å². The van der Waals surface area contributed by atoms with E-state index in [1.807, 2.05) is 13.8 Å². The number of nitrogens with zero attached hydrogens (tertiary/aromatic N) is 1. The normalized spacial score (nSPS) is 19.1. The van der Waals surface area contributed by atoms with Crippen LogP contribution in [0.3, 0.4) is 0 Å². The molecule has 6 nitrogen and oxygen atoms in total. The summed E-state index contributed by atoms with van der Waals surface area (Å²) in [7, 11) is 1.26. The predicted molar refractivity (Wildman–Crippen MR) is 118 cm³/mol. The standard InChI is InChI=1S/C16H23NO5.6CH4/c1-6-16(10-17,13(20)21-5)9-14(2,3)8-15(4)7-11(18)22-12(15)19;;;;;;/h6-9H2,1-5H3;6*1H4. The van der Waals surface area contributed by atoms with Crippen molar-refractivity contribution in [2.45, 2.75) is 97.9 Å². The van der Waals surface area contributed by atoms with Crippen molar-refractivity contribution in [3.63, 3.8) is 0 Å². The van der Waals surface area contributed by atoms with Gasteiger partial charge >= 0.3 is 17.9 Å². The summed E-state index contributed by atoms with van der Waals surface area (Å²) in [6.45, 7) is 7.18. The fourth-order valence-electron chi connectivity index (χ4n) is 3.42. The molecule has 0 N–H and O–H groups in total.